The van der Waals surface area contributed by atoms with Gasteiger partial charge in [-0.3, -0.25) is 4.79 Å². The van der Waals surface area contributed by atoms with Gasteiger partial charge in [-0.1, -0.05) is 12.1 Å². The van der Waals surface area contributed by atoms with Crippen molar-refractivity contribution in [3.8, 4) is 0 Å². The summed E-state index contributed by atoms with van der Waals surface area (Å²) >= 11 is 0. The third kappa shape index (κ3) is 3.86. The van der Waals surface area contributed by atoms with Crippen molar-refractivity contribution in [1.82, 2.24) is 4.90 Å². The number of aryl methyl sites for hydroxylation is 1. The molecule has 0 aromatic heterocycles. The van der Waals surface area contributed by atoms with Crippen molar-refractivity contribution in [3.63, 3.8) is 0 Å². The van der Waals surface area contributed by atoms with E-state index in [0.717, 1.165) is 4.90 Å². The number of piperidine rings is 1. The van der Waals surface area contributed by atoms with Crippen molar-refractivity contribution in [3.05, 3.63) is 35.1 Å². The first kappa shape index (κ1) is 17.4. The summed E-state index contributed by atoms with van der Waals surface area (Å²) in [6, 6.07) is 4.43. The molecular formula is C17H21F2NO3. The highest BCUT2D eigenvalue weighted by molar-refractivity contribution is 5.95. The zero-order valence-corrected chi connectivity index (χ0v) is 13.7. The summed E-state index contributed by atoms with van der Waals surface area (Å²) in [5.41, 5.74) is 0.125. The molecule has 4 nitrogen and oxygen atoms in total. The molecule has 1 aromatic carbocycles. The number of benzene rings is 1. The van der Waals surface area contributed by atoms with Crippen LogP contribution in [0.15, 0.2) is 18.2 Å². The van der Waals surface area contributed by atoms with Crippen LogP contribution in [-0.4, -0.2) is 35.2 Å². The zero-order valence-electron chi connectivity index (χ0n) is 13.7. The molecule has 2 rings (SSSR count). The van der Waals surface area contributed by atoms with Crippen LogP contribution in [0.3, 0.4) is 0 Å². The highest BCUT2D eigenvalue weighted by Crippen LogP contribution is 2.32. The summed E-state index contributed by atoms with van der Waals surface area (Å²) in [4.78, 5) is 24.9. The standard InChI is InChI=1S/C17H21F2NO3/c1-10-5-6-11(9-13(10)18)12-7-8-20(15(21)14(12)19)16(22)23-17(2,3)4/h5-6,9,12,14H,7-8H2,1-4H3. The number of hydrogen-bond donors (Lipinski definition) is 0. The van der Waals surface area contributed by atoms with E-state index >= 15 is 0 Å². The molecule has 0 spiro atoms. The van der Waals surface area contributed by atoms with Gasteiger partial charge in [0.1, 0.15) is 11.4 Å². The van der Waals surface area contributed by atoms with Gasteiger partial charge in [0.25, 0.3) is 5.91 Å². The van der Waals surface area contributed by atoms with E-state index in [4.69, 9.17) is 4.74 Å². The van der Waals surface area contributed by atoms with E-state index in [9.17, 15) is 18.4 Å². The Hall–Kier alpha value is -1.98. The second-order valence-corrected chi connectivity index (χ2v) is 6.78. The average Bonchev–Trinajstić information content (AvgIpc) is 2.43. The number of carbonyl (C=O) groups excluding carboxylic acids is 2. The third-order valence-electron chi connectivity index (χ3n) is 3.76. The van der Waals surface area contributed by atoms with Gasteiger partial charge in [0.15, 0.2) is 6.17 Å². The lowest BCUT2D eigenvalue weighted by Gasteiger charge is -2.34. The van der Waals surface area contributed by atoms with E-state index in [2.05, 4.69) is 0 Å². The first-order valence-electron chi connectivity index (χ1n) is 7.54. The van der Waals surface area contributed by atoms with Crippen molar-refractivity contribution in [2.24, 2.45) is 0 Å². The summed E-state index contributed by atoms with van der Waals surface area (Å²) in [6.45, 7) is 6.68. The molecule has 2 unspecified atom stereocenters. The third-order valence-corrected chi connectivity index (χ3v) is 3.76. The lowest BCUT2D eigenvalue weighted by molar-refractivity contribution is -0.139. The van der Waals surface area contributed by atoms with Crippen LogP contribution in [0.5, 0.6) is 0 Å². The van der Waals surface area contributed by atoms with Crippen LogP contribution in [-0.2, 0) is 9.53 Å². The summed E-state index contributed by atoms with van der Waals surface area (Å²) in [5.74, 6) is -2.12. The lowest BCUT2D eigenvalue weighted by atomic mass is 9.87. The molecule has 1 aromatic rings. The van der Waals surface area contributed by atoms with E-state index in [1.165, 1.54) is 6.07 Å². The Bertz CT molecular complexity index is 625. The number of halogens is 2. The van der Waals surface area contributed by atoms with Gasteiger partial charge in [-0.2, -0.15) is 0 Å². The molecule has 0 radical (unpaired) electrons. The van der Waals surface area contributed by atoms with E-state index in [-0.39, 0.29) is 13.0 Å². The van der Waals surface area contributed by atoms with Gasteiger partial charge in [-0.25, -0.2) is 18.5 Å². The first-order valence-corrected chi connectivity index (χ1v) is 7.54. The van der Waals surface area contributed by atoms with E-state index in [1.54, 1.807) is 39.8 Å². The number of imide groups is 1. The van der Waals surface area contributed by atoms with Gasteiger partial charge in [-0.05, 0) is 51.3 Å². The average molecular weight is 325 g/mol. The predicted octanol–water partition coefficient (Wildman–Crippen LogP) is 3.72. The smallest absolute Gasteiger partial charge is 0.417 e. The number of ether oxygens (including phenoxy) is 1. The zero-order chi connectivity index (χ0) is 17.4. The van der Waals surface area contributed by atoms with Crippen LogP contribution in [0, 0.1) is 12.7 Å². The number of likely N-dealkylation sites (tertiary alicyclic amines) is 1. The van der Waals surface area contributed by atoms with Gasteiger partial charge in [-0.15, -0.1) is 0 Å². The largest absolute Gasteiger partial charge is 0.443 e. The fourth-order valence-corrected chi connectivity index (χ4v) is 2.52. The van der Waals surface area contributed by atoms with E-state index < -0.39 is 35.5 Å². The molecule has 0 N–H and O–H groups in total. The fourth-order valence-electron chi connectivity index (χ4n) is 2.52. The number of carbonyl (C=O) groups is 2. The second kappa shape index (κ2) is 6.26. The van der Waals surface area contributed by atoms with E-state index in [1.807, 2.05) is 0 Å². The molecule has 1 fully saturated rings. The topological polar surface area (TPSA) is 46.6 Å². The normalized spacial score (nSPS) is 22.2. The number of amides is 2. The Kier molecular flexibility index (Phi) is 4.73. The highest BCUT2D eigenvalue weighted by atomic mass is 19.1. The quantitative estimate of drug-likeness (QED) is 0.790. The molecule has 0 aliphatic carbocycles. The molecule has 6 heteroatoms. The van der Waals surface area contributed by atoms with Crippen LogP contribution in [0.4, 0.5) is 13.6 Å². The fraction of sp³-hybridized carbons (Fsp3) is 0.529. The van der Waals surface area contributed by atoms with Crippen LogP contribution >= 0.6 is 0 Å². The van der Waals surface area contributed by atoms with Crippen molar-refractivity contribution in [1.29, 1.82) is 0 Å². The Morgan fingerprint density at radius 3 is 2.57 bits per heavy atom. The highest BCUT2D eigenvalue weighted by Gasteiger charge is 2.41. The molecule has 2 atom stereocenters. The minimum atomic E-state index is -1.89. The molecular weight excluding hydrogens is 304 g/mol. The molecule has 0 saturated carbocycles. The van der Waals surface area contributed by atoms with Gasteiger partial charge in [0.05, 0.1) is 0 Å². The number of rotatable bonds is 1. The van der Waals surface area contributed by atoms with Gasteiger partial charge in [0, 0.05) is 12.5 Å². The maximum Gasteiger partial charge on any atom is 0.417 e. The Morgan fingerprint density at radius 1 is 1.35 bits per heavy atom. The minimum Gasteiger partial charge on any atom is -0.443 e. The van der Waals surface area contributed by atoms with Crippen LogP contribution in [0.2, 0.25) is 0 Å². The molecule has 0 bridgehead atoms. The SMILES string of the molecule is Cc1ccc(C2CCN(C(=O)OC(C)(C)C)C(=O)C2F)cc1F. The predicted molar refractivity (Wildman–Crippen MR) is 81.3 cm³/mol. The number of hydrogen-bond acceptors (Lipinski definition) is 3. The monoisotopic (exact) mass is 325 g/mol. The van der Waals surface area contributed by atoms with Crippen molar-refractivity contribution >= 4 is 12.0 Å². The molecule has 1 heterocycles. The summed E-state index contributed by atoms with van der Waals surface area (Å²) in [5, 5.41) is 0. The van der Waals surface area contributed by atoms with Crippen molar-refractivity contribution < 1.29 is 23.1 Å². The van der Waals surface area contributed by atoms with E-state index in [0.29, 0.717) is 11.1 Å². The summed E-state index contributed by atoms with van der Waals surface area (Å²) in [6.07, 6.45) is -2.51. The molecule has 126 valence electrons. The molecule has 1 aliphatic rings. The number of alkyl halides is 1. The molecule has 1 saturated heterocycles. The molecule has 23 heavy (non-hydrogen) atoms. The second-order valence-electron chi connectivity index (χ2n) is 6.78. The minimum absolute atomic E-state index is 0.0499. The summed E-state index contributed by atoms with van der Waals surface area (Å²) in [7, 11) is 0. The van der Waals surface area contributed by atoms with Crippen LogP contribution in [0.1, 0.15) is 44.2 Å². The van der Waals surface area contributed by atoms with Crippen LogP contribution < -0.4 is 0 Å². The van der Waals surface area contributed by atoms with Crippen molar-refractivity contribution in [2.45, 2.75) is 51.8 Å². The molecule has 2 amide bonds. The summed E-state index contributed by atoms with van der Waals surface area (Å²) < 4.78 is 33.2. The molecule has 1 aliphatic heterocycles. The van der Waals surface area contributed by atoms with Gasteiger partial charge in [0.2, 0.25) is 0 Å². The maximum absolute atomic E-state index is 14.5. The van der Waals surface area contributed by atoms with Gasteiger partial charge >= 0.3 is 6.09 Å². The Labute approximate surface area is 134 Å². The number of nitrogens with zero attached hydrogens (tertiary/aromatic N) is 1. The van der Waals surface area contributed by atoms with Crippen LogP contribution in [0.25, 0.3) is 0 Å². The Balaban J connectivity index is 2.15. The first-order chi connectivity index (χ1) is 10.6. The van der Waals surface area contributed by atoms with Crippen molar-refractivity contribution in [2.75, 3.05) is 6.54 Å². The van der Waals surface area contributed by atoms with Gasteiger partial charge < -0.3 is 4.74 Å². The Morgan fingerprint density at radius 2 is 2.00 bits per heavy atom. The lowest BCUT2D eigenvalue weighted by Crippen LogP contribution is -2.50. The maximum atomic E-state index is 14.5.